The molecule has 49 heavy (non-hydrogen) atoms. The Morgan fingerprint density at radius 1 is 0.633 bits per heavy atom. The van der Waals surface area contributed by atoms with Crippen LogP contribution in [-0.4, -0.2) is 52.1 Å². The fraction of sp³-hybridized carbons (Fsp3) is 0.231. The molecule has 3 aliphatic rings. The molecule has 10 rings (SSSR count). The number of hydrogen-bond acceptors (Lipinski definition) is 7. The highest BCUT2D eigenvalue weighted by Crippen LogP contribution is 2.37. The summed E-state index contributed by atoms with van der Waals surface area (Å²) in [5, 5.41) is 0.522. The monoisotopic (exact) mass is 663 g/mol. The zero-order valence-electron chi connectivity index (χ0n) is 26.9. The zero-order valence-corrected chi connectivity index (χ0v) is 27.7. The molecule has 0 amide bonds. The van der Waals surface area contributed by atoms with Crippen molar-refractivity contribution >= 4 is 45.3 Å². The number of fused-ring (bicyclic) bond motifs is 6. The van der Waals surface area contributed by atoms with Crippen molar-refractivity contribution in [1.29, 1.82) is 0 Å². The number of pyridine rings is 2. The fourth-order valence-electron chi connectivity index (χ4n) is 7.56. The molecule has 7 aromatic rings. The van der Waals surface area contributed by atoms with Crippen LogP contribution in [0.5, 0.6) is 0 Å². The van der Waals surface area contributed by atoms with Crippen molar-refractivity contribution < 1.29 is 0 Å². The van der Waals surface area contributed by atoms with Crippen molar-refractivity contribution in [2.45, 2.75) is 44.2 Å². The SMILES string of the molecule is C1=C(c2ccc3nc4n(c3n2)[C@@H](c2ccccc2)CC4)CCN(c2ccncn2)C1.Clc1ccc2nc3n(c2n1)[C@@H](c1ccccc1)CC3. The van der Waals surface area contributed by atoms with Gasteiger partial charge in [-0.15, -0.1) is 0 Å². The maximum atomic E-state index is 6.02. The van der Waals surface area contributed by atoms with E-state index in [4.69, 9.17) is 21.6 Å². The van der Waals surface area contributed by atoms with Crippen LogP contribution >= 0.6 is 11.6 Å². The van der Waals surface area contributed by atoms with Gasteiger partial charge in [0.1, 0.15) is 40.0 Å². The van der Waals surface area contributed by atoms with Gasteiger partial charge in [-0.05, 0) is 66.3 Å². The highest BCUT2D eigenvalue weighted by Gasteiger charge is 2.29. The van der Waals surface area contributed by atoms with Gasteiger partial charge in [-0.25, -0.2) is 29.9 Å². The quantitative estimate of drug-likeness (QED) is 0.179. The molecule has 0 saturated carbocycles. The normalized spacial score (nSPS) is 18.2. The lowest BCUT2D eigenvalue weighted by Gasteiger charge is -2.27. The molecule has 8 heterocycles. The summed E-state index contributed by atoms with van der Waals surface area (Å²) in [7, 11) is 0. The molecule has 0 fully saturated rings. The third kappa shape index (κ3) is 5.54. The maximum Gasteiger partial charge on any atom is 0.162 e. The number of benzene rings is 2. The van der Waals surface area contributed by atoms with Crippen LogP contribution in [0.15, 0.2) is 110 Å². The molecule has 10 heteroatoms. The first-order valence-corrected chi connectivity index (χ1v) is 17.3. The zero-order chi connectivity index (χ0) is 32.7. The van der Waals surface area contributed by atoms with Crippen LogP contribution in [0.4, 0.5) is 5.82 Å². The van der Waals surface area contributed by atoms with Gasteiger partial charge in [-0.3, -0.25) is 0 Å². The van der Waals surface area contributed by atoms with E-state index in [-0.39, 0.29) is 0 Å². The number of nitrogens with zero attached hydrogens (tertiary/aromatic N) is 9. The topological polar surface area (TPSA) is 90.4 Å². The van der Waals surface area contributed by atoms with E-state index in [1.165, 1.54) is 16.7 Å². The van der Waals surface area contributed by atoms with Crippen LogP contribution in [-0.2, 0) is 12.8 Å². The summed E-state index contributed by atoms with van der Waals surface area (Å²) in [6.45, 7) is 1.77. The summed E-state index contributed by atoms with van der Waals surface area (Å²) in [6, 6.07) is 31.8. The molecule has 0 N–H and O–H groups in total. The predicted molar refractivity (Wildman–Crippen MR) is 193 cm³/mol. The Bertz CT molecular complexity index is 2300. The molecule has 0 spiro atoms. The lowest BCUT2D eigenvalue weighted by Crippen LogP contribution is -2.29. The van der Waals surface area contributed by atoms with E-state index in [0.29, 0.717) is 17.2 Å². The van der Waals surface area contributed by atoms with Crippen molar-refractivity contribution in [3.8, 4) is 0 Å². The summed E-state index contributed by atoms with van der Waals surface area (Å²) in [5.41, 5.74) is 8.83. The minimum Gasteiger partial charge on any atom is -0.352 e. The van der Waals surface area contributed by atoms with Gasteiger partial charge in [-0.1, -0.05) is 78.3 Å². The van der Waals surface area contributed by atoms with Crippen molar-refractivity contribution in [3.05, 3.63) is 143 Å². The molecule has 242 valence electrons. The van der Waals surface area contributed by atoms with E-state index in [1.54, 1.807) is 18.6 Å². The molecule has 0 bridgehead atoms. The molecule has 0 unspecified atom stereocenters. The van der Waals surface area contributed by atoms with E-state index in [0.717, 1.165) is 90.7 Å². The molecular weight excluding hydrogens is 630 g/mol. The summed E-state index contributed by atoms with van der Waals surface area (Å²) in [5.74, 6) is 3.23. The van der Waals surface area contributed by atoms with Gasteiger partial charge in [-0.2, -0.15) is 0 Å². The summed E-state index contributed by atoms with van der Waals surface area (Å²) >= 11 is 6.02. The maximum absolute atomic E-state index is 6.02. The minimum atomic E-state index is 0.322. The van der Waals surface area contributed by atoms with E-state index in [2.05, 4.69) is 107 Å². The van der Waals surface area contributed by atoms with Crippen LogP contribution < -0.4 is 4.90 Å². The van der Waals surface area contributed by atoms with Gasteiger partial charge in [0, 0.05) is 32.1 Å². The smallest absolute Gasteiger partial charge is 0.162 e. The highest BCUT2D eigenvalue weighted by molar-refractivity contribution is 6.29. The fourth-order valence-corrected chi connectivity index (χ4v) is 7.70. The molecule has 2 atom stereocenters. The van der Waals surface area contributed by atoms with Crippen molar-refractivity contribution in [2.24, 2.45) is 0 Å². The molecule has 2 aromatic carbocycles. The van der Waals surface area contributed by atoms with Crippen LogP contribution in [0.1, 0.15) is 59.8 Å². The van der Waals surface area contributed by atoms with Gasteiger partial charge >= 0.3 is 0 Å². The third-order valence-corrected chi connectivity index (χ3v) is 10.1. The van der Waals surface area contributed by atoms with Crippen LogP contribution in [0.3, 0.4) is 0 Å². The summed E-state index contributed by atoms with van der Waals surface area (Å²) in [6.07, 6.45) is 10.8. The van der Waals surface area contributed by atoms with Crippen LogP contribution in [0.2, 0.25) is 5.15 Å². The molecule has 0 aliphatic carbocycles. The number of imidazole rings is 2. The predicted octanol–water partition coefficient (Wildman–Crippen LogP) is 7.67. The molecule has 0 saturated heterocycles. The lowest BCUT2D eigenvalue weighted by atomic mass is 10.0. The number of halogens is 1. The van der Waals surface area contributed by atoms with Crippen molar-refractivity contribution in [2.75, 3.05) is 18.0 Å². The Balaban J connectivity index is 0.000000147. The second-order valence-electron chi connectivity index (χ2n) is 12.7. The van der Waals surface area contributed by atoms with Gasteiger partial charge in [0.05, 0.1) is 17.8 Å². The minimum absolute atomic E-state index is 0.322. The lowest BCUT2D eigenvalue weighted by molar-refractivity contribution is 0.632. The van der Waals surface area contributed by atoms with Gasteiger partial charge in [0.15, 0.2) is 11.3 Å². The Hall–Kier alpha value is -5.41. The Morgan fingerprint density at radius 3 is 1.86 bits per heavy atom. The third-order valence-electron chi connectivity index (χ3n) is 9.89. The van der Waals surface area contributed by atoms with E-state index in [1.807, 2.05) is 18.2 Å². The van der Waals surface area contributed by atoms with E-state index in [9.17, 15) is 0 Å². The van der Waals surface area contributed by atoms with Crippen LogP contribution in [0, 0.1) is 0 Å². The Labute approximate surface area is 289 Å². The molecular formula is C39H34ClN9. The first-order valence-electron chi connectivity index (χ1n) is 16.9. The van der Waals surface area contributed by atoms with Gasteiger partial charge in [0.2, 0.25) is 0 Å². The van der Waals surface area contributed by atoms with E-state index >= 15 is 0 Å². The largest absolute Gasteiger partial charge is 0.352 e. The molecule has 0 radical (unpaired) electrons. The number of anilines is 1. The summed E-state index contributed by atoms with van der Waals surface area (Å²) in [4.78, 5) is 29.7. The number of aryl methyl sites for hydroxylation is 2. The Morgan fingerprint density at radius 2 is 1.27 bits per heavy atom. The van der Waals surface area contributed by atoms with E-state index < -0.39 is 0 Å². The standard InChI is InChI=1S/C24H22N6.C15H12ClN3/c1-2-4-18(5-3-1)21-8-9-23-27-20-7-6-19(28-24(20)30(21)23)17-11-14-29(15-12-17)22-10-13-25-16-26-22;16-13-8-6-11-15(18-13)19-12(7-9-14(19)17-11)10-4-2-1-3-5-10/h1-7,10-11,13,16,21H,8-9,12,14-15H2;1-6,8,12H,7,9H2/t21-;12-/m11/s1. The molecule has 3 aliphatic heterocycles. The van der Waals surface area contributed by atoms with Crippen LogP contribution in [0.25, 0.3) is 27.9 Å². The summed E-state index contributed by atoms with van der Waals surface area (Å²) < 4.78 is 4.58. The average Bonchev–Trinajstić information content (AvgIpc) is 3.94. The van der Waals surface area contributed by atoms with Crippen molar-refractivity contribution in [3.63, 3.8) is 0 Å². The molecule has 9 nitrogen and oxygen atoms in total. The number of rotatable bonds is 4. The molecule has 5 aromatic heterocycles. The van der Waals surface area contributed by atoms with Gasteiger partial charge in [0.25, 0.3) is 0 Å². The second-order valence-corrected chi connectivity index (χ2v) is 13.1. The van der Waals surface area contributed by atoms with Gasteiger partial charge < -0.3 is 14.0 Å². The Kier molecular flexibility index (Phi) is 7.61. The first-order chi connectivity index (χ1) is 24.2. The van der Waals surface area contributed by atoms with Crippen molar-refractivity contribution in [1.82, 2.24) is 39.0 Å². The average molecular weight is 664 g/mol. The second kappa shape index (κ2) is 12.6. The highest BCUT2D eigenvalue weighted by atomic mass is 35.5. The number of aromatic nitrogens is 8. The first kappa shape index (κ1) is 29.7. The number of hydrogen-bond donors (Lipinski definition) is 0.